The molecule has 0 saturated carbocycles. The molecule has 4 rings (SSSR count). The molecule has 4 aromatic rings. The molecule has 7 nitrogen and oxygen atoms in total. The Morgan fingerprint density at radius 3 is 2.11 bits per heavy atom. The second-order valence-corrected chi connectivity index (χ2v) is 7.88. The Morgan fingerprint density at radius 1 is 0.943 bits per heavy atom. The summed E-state index contributed by atoms with van der Waals surface area (Å²) in [5.74, 6) is -0.681. The molecule has 0 fully saturated rings. The number of carboxylic acids is 1. The van der Waals surface area contributed by atoms with Crippen LogP contribution in [0.25, 0.3) is 22.5 Å². The summed E-state index contributed by atoms with van der Waals surface area (Å²) in [7, 11) is 0. The number of carbonyl (C=O) groups is 2. The average molecular weight is 478 g/mol. The first kappa shape index (κ1) is 26.2. The van der Waals surface area contributed by atoms with Crippen LogP contribution in [0.2, 0.25) is 0 Å². The van der Waals surface area contributed by atoms with Crippen LogP contribution in [0.5, 0.6) is 0 Å². The molecule has 1 heterocycles. The number of anilines is 1. The summed E-state index contributed by atoms with van der Waals surface area (Å²) in [4.78, 5) is 23.3. The van der Waals surface area contributed by atoms with E-state index in [4.69, 9.17) is 9.26 Å². The summed E-state index contributed by atoms with van der Waals surface area (Å²) in [5, 5.41) is 17.5. The Hall–Kier alpha value is -3.39. The largest absolute Gasteiger partial charge is 1.00 e. The van der Waals surface area contributed by atoms with Crippen molar-refractivity contribution in [3.8, 4) is 22.5 Å². The minimum absolute atomic E-state index is 0. The number of aryl methyl sites for hydroxylation is 1. The van der Waals surface area contributed by atoms with E-state index in [0.717, 1.165) is 22.3 Å². The van der Waals surface area contributed by atoms with Crippen molar-refractivity contribution >= 4 is 17.7 Å². The van der Waals surface area contributed by atoms with E-state index < -0.39 is 18.2 Å². The van der Waals surface area contributed by atoms with Gasteiger partial charge in [0.1, 0.15) is 17.5 Å². The van der Waals surface area contributed by atoms with Gasteiger partial charge in [0.15, 0.2) is 5.76 Å². The van der Waals surface area contributed by atoms with Gasteiger partial charge in [-0.1, -0.05) is 84.0 Å². The zero-order valence-corrected chi connectivity index (χ0v) is 21.8. The average Bonchev–Trinajstić information content (AvgIpc) is 3.19. The molecule has 3 aromatic carbocycles. The second kappa shape index (κ2) is 11.8. The Bertz CT molecular complexity index is 1290. The van der Waals surface area contributed by atoms with Gasteiger partial charge in [0, 0.05) is 18.0 Å². The van der Waals surface area contributed by atoms with Gasteiger partial charge in [-0.05, 0) is 36.1 Å². The monoisotopic (exact) mass is 478 g/mol. The van der Waals surface area contributed by atoms with Crippen molar-refractivity contribution in [2.45, 2.75) is 26.4 Å². The first-order valence-corrected chi connectivity index (χ1v) is 10.8. The Kier molecular flexibility index (Phi) is 8.87. The molecule has 1 amide bonds. The summed E-state index contributed by atoms with van der Waals surface area (Å²) in [6.45, 7) is 3.55. The second-order valence-electron chi connectivity index (χ2n) is 7.88. The number of hydrogen-bond acceptors (Lipinski definition) is 6. The first-order chi connectivity index (χ1) is 16.4. The number of benzene rings is 3. The molecule has 0 unspecified atom stereocenters. The molecule has 0 aliphatic heterocycles. The summed E-state index contributed by atoms with van der Waals surface area (Å²) < 4.78 is 11.0. The third-order valence-electron chi connectivity index (χ3n) is 5.43. The molecule has 0 aliphatic carbocycles. The number of carbonyl (C=O) groups excluding carboxylic acids is 2. The van der Waals surface area contributed by atoms with Crippen molar-refractivity contribution in [1.82, 2.24) is 5.16 Å². The molecule has 1 aromatic heterocycles. The first-order valence-electron chi connectivity index (χ1n) is 10.8. The quantitative estimate of drug-likeness (QED) is 0.407. The molecule has 0 spiro atoms. The molecule has 172 valence electrons. The predicted molar refractivity (Wildman–Crippen MR) is 126 cm³/mol. The Balaban J connectivity index is 0.00000342. The fourth-order valence-electron chi connectivity index (χ4n) is 3.59. The van der Waals surface area contributed by atoms with E-state index in [-0.39, 0.29) is 36.0 Å². The number of carboxylic acid groups (broad SMARTS) is 1. The van der Waals surface area contributed by atoms with Crippen LogP contribution >= 0.6 is 0 Å². The van der Waals surface area contributed by atoms with Crippen LogP contribution in [0, 0.1) is 6.92 Å². The van der Waals surface area contributed by atoms with Gasteiger partial charge in [-0.3, -0.25) is 5.32 Å². The fourth-order valence-corrected chi connectivity index (χ4v) is 3.59. The van der Waals surface area contributed by atoms with Gasteiger partial charge in [-0.15, -0.1) is 0 Å². The Labute approximate surface area is 225 Å². The molecule has 0 aliphatic rings. The van der Waals surface area contributed by atoms with E-state index in [2.05, 4.69) is 10.5 Å². The van der Waals surface area contributed by atoms with Crippen molar-refractivity contribution in [2.75, 3.05) is 5.32 Å². The number of aromatic nitrogens is 1. The number of rotatable bonds is 7. The SMILES string of the molecule is Cc1noc(-c2ccc(-c3ccc(CC(=O)[O-])cc3)cc2)c1NC(=O)O[C@@H](C)c1ccccc1.[Na+]. The summed E-state index contributed by atoms with van der Waals surface area (Å²) >= 11 is 0. The summed E-state index contributed by atoms with van der Waals surface area (Å²) in [6.07, 6.45) is -1.13. The number of nitrogens with one attached hydrogen (secondary N) is 1. The van der Waals surface area contributed by atoms with Crippen LogP contribution in [0.3, 0.4) is 0 Å². The van der Waals surface area contributed by atoms with Crippen LogP contribution in [-0.2, 0) is 16.0 Å². The van der Waals surface area contributed by atoms with Gasteiger partial charge in [0.2, 0.25) is 0 Å². The van der Waals surface area contributed by atoms with E-state index in [1.165, 1.54) is 0 Å². The molecule has 35 heavy (non-hydrogen) atoms. The van der Waals surface area contributed by atoms with Crippen LogP contribution in [0.1, 0.15) is 29.8 Å². The molecule has 0 radical (unpaired) electrons. The maximum atomic E-state index is 12.5. The fraction of sp³-hybridized carbons (Fsp3) is 0.148. The third-order valence-corrected chi connectivity index (χ3v) is 5.43. The van der Waals surface area contributed by atoms with Crippen molar-refractivity contribution in [3.63, 3.8) is 0 Å². The molecule has 1 N–H and O–H groups in total. The zero-order chi connectivity index (χ0) is 24.1. The molecule has 0 bridgehead atoms. The molecule has 8 heteroatoms. The van der Waals surface area contributed by atoms with Crippen LogP contribution in [-0.4, -0.2) is 17.2 Å². The van der Waals surface area contributed by atoms with Crippen molar-refractivity contribution in [1.29, 1.82) is 0 Å². The van der Waals surface area contributed by atoms with E-state index in [9.17, 15) is 14.7 Å². The zero-order valence-electron chi connectivity index (χ0n) is 19.8. The van der Waals surface area contributed by atoms with Gasteiger partial charge in [0.05, 0.1) is 0 Å². The number of hydrogen-bond donors (Lipinski definition) is 1. The normalized spacial score (nSPS) is 11.3. The van der Waals surface area contributed by atoms with Gasteiger partial charge in [0.25, 0.3) is 0 Å². The molecular formula is C27H23N2NaO5. The van der Waals surface area contributed by atoms with E-state index in [0.29, 0.717) is 22.7 Å². The Morgan fingerprint density at radius 2 is 1.51 bits per heavy atom. The molecule has 0 saturated heterocycles. The predicted octanol–water partition coefficient (Wildman–Crippen LogP) is 1.92. The van der Waals surface area contributed by atoms with Crippen LogP contribution in [0.4, 0.5) is 10.5 Å². The summed E-state index contributed by atoms with van der Waals surface area (Å²) in [6, 6.07) is 24.3. The van der Waals surface area contributed by atoms with E-state index in [1.54, 1.807) is 26.0 Å². The van der Waals surface area contributed by atoms with Gasteiger partial charge in [-0.25, -0.2) is 4.79 Å². The van der Waals surface area contributed by atoms with Crippen molar-refractivity contribution < 1.29 is 53.5 Å². The van der Waals surface area contributed by atoms with Crippen LogP contribution < -0.4 is 40.0 Å². The minimum atomic E-state index is -1.11. The number of nitrogens with zero attached hydrogens (tertiary/aromatic N) is 1. The number of ether oxygens (including phenoxy) is 1. The van der Waals surface area contributed by atoms with Crippen LogP contribution in [0.15, 0.2) is 83.4 Å². The van der Waals surface area contributed by atoms with Gasteiger partial charge in [-0.2, -0.15) is 0 Å². The van der Waals surface area contributed by atoms with E-state index in [1.807, 2.05) is 66.7 Å². The number of amides is 1. The molecule has 1 atom stereocenters. The van der Waals surface area contributed by atoms with Gasteiger partial charge < -0.3 is 19.2 Å². The maximum Gasteiger partial charge on any atom is 1.00 e. The third kappa shape index (κ3) is 6.60. The topological polar surface area (TPSA) is 104 Å². The number of aliphatic carboxylic acids is 1. The van der Waals surface area contributed by atoms with Crippen molar-refractivity contribution in [2.24, 2.45) is 0 Å². The van der Waals surface area contributed by atoms with Crippen molar-refractivity contribution in [3.05, 3.63) is 95.7 Å². The maximum absolute atomic E-state index is 12.5. The molecular weight excluding hydrogens is 455 g/mol. The minimum Gasteiger partial charge on any atom is -0.550 e. The standard InChI is InChI=1S/C27H24N2O5.Na/c1-17-25(28-27(32)33-18(2)20-6-4-3-5-7-20)26(34-29-17)23-14-12-22(13-15-23)21-10-8-19(9-11-21)16-24(30)31;/h3-15,18H,16H2,1-2H3,(H,28,32)(H,30,31);/q;+1/p-1/t18-;/m0./s1. The van der Waals surface area contributed by atoms with Gasteiger partial charge >= 0.3 is 35.7 Å². The smallest absolute Gasteiger partial charge is 0.550 e. The summed E-state index contributed by atoms with van der Waals surface area (Å²) in [5.41, 5.74) is 5.19. The van der Waals surface area contributed by atoms with E-state index >= 15 is 0 Å².